The topological polar surface area (TPSA) is 57.7 Å². The van der Waals surface area contributed by atoms with E-state index in [0.29, 0.717) is 24.2 Å². The fraction of sp³-hybridized carbons (Fsp3) is 0.500. The third kappa shape index (κ3) is 3.38. The van der Waals surface area contributed by atoms with Crippen LogP contribution in [0, 0.1) is 0 Å². The molecule has 22 heavy (non-hydrogen) atoms. The number of carbonyl (C=O) groups excluding carboxylic acids is 2. The van der Waals surface area contributed by atoms with Gasteiger partial charge in [-0.15, -0.1) is 0 Å². The normalized spacial score (nSPS) is 24.9. The molecule has 1 aliphatic heterocycles. The van der Waals surface area contributed by atoms with E-state index in [2.05, 4.69) is 0 Å². The van der Waals surface area contributed by atoms with Gasteiger partial charge in [0.15, 0.2) is 0 Å². The molecule has 0 saturated carbocycles. The first-order valence-electron chi connectivity index (χ1n) is 7.31. The van der Waals surface area contributed by atoms with Gasteiger partial charge in [0.25, 0.3) is 11.8 Å². The molecule has 0 N–H and O–H groups in total. The first-order valence-corrected chi connectivity index (χ1v) is 8.59. The van der Waals surface area contributed by atoms with Crippen molar-refractivity contribution >= 4 is 22.6 Å². The summed E-state index contributed by atoms with van der Waals surface area (Å²) in [6.07, 6.45) is 0. The highest BCUT2D eigenvalue weighted by Gasteiger charge is 2.31. The zero-order valence-electron chi connectivity index (χ0n) is 13.4. The second-order valence-electron chi connectivity index (χ2n) is 5.94. The average Bonchev–Trinajstić information content (AvgIpc) is 2.50. The van der Waals surface area contributed by atoms with Gasteiger partial charge in [-0.05, 0) is 32.0 Å². The zero-order valence-corrected chi connectivity index (χ0v) is 14.2. The van der Waals surface area contributed by atoms with Crippen molar-refractivity contribution in [2.45, 2.75) is 24.3 Å². The second kappa shape index (κ2) is 6.60. The molecule has 5 nitrogen and oxygen atoms in total. The first-order chi connectivity index (χ1) is 10.3. The molecule has 2 amide bonds. The van der Waals surface area contributed by atoms with Crippen molar-refractivity contribution in [1.29, 1.82) is 0 Å². The maximum absolute atomic E-state index is 12.6. The van der Waals surface area contributed by atoms with Crippen LogP contribution in [0.1, 0.15) is 34.6 Å². The van der Waals surface area contributed by atoms with Gasteiger partial charge in [-0.25, -0.2) is 0 Å². The molecule has 2 unspecified atom stereocenters. The summed E-state index contributed by atoms with van der Waals surface area (Å²) < 4.78 is 12.0. The summed E-state index contributed by atoms with van der Waals surface area (Å²) in [4.78, 5) is 27.9. The molecule has 1 aromatic carbocycles. The molecule has 1 fully saturated rings. The lowest BCUT2D eigenvalue weighted by Gasteiger charge is -2.34. The van der Waals surface area contributed by atoms with Crippen LogP contribution >= 0.6 is 0 Å². The molecule has 1 aliphatic rings. The van der Waals surface area contributed by atoms with Gasteiger partial charge in [-0.1, -0.05) is 6.07 Å². The van der Waals surface area contributed by atoms with Crippen molar-refractivity contribution in [1.82, 2.24) is 9.80 Å². The zero-order chi connectivity index (χ0) is 16.4. The van der Waals surface area contributed by atoms with Crippen LogP contribution in [0.5, 0.6) is 0 Å². The minimum absolute atomic E-state index is 0.0284. The Morgan fingerprint density at radius 1 is 1.14 bits per heavy atom. The summed E-state index contributed by atoms with van der Waals surface area (Å²) in [5.74, 6) is -0.236. The molecule has 2 rings (SSSR count). The fourth-order valence-corrected chi connectivity index (χ4v) is 4.08. The number of nitrogens with zero attached hydrogens (tertiary/aromatic N) is 2. The standard InChI is InChI=1S/C16H22N2O3S/c1-11-9-18(10-12(2)22(11)21)16(20)14-7-5-6-13(8-14)15(19)17(3)4/h5-8,11-12H,9-10H2,1-4H3. The van der Waals surface area contributed by atoms with E-state index in [1.807, 2.05) is 13.8 Å². The molecule has 1 heterocycles. The molecule has 0 aromatic heterocycles. The highest BCUT2D eigenvalue weighted by atomic mass is 32.2. The quantitative estimate of drug-likeness (QED) is 0.826. The molecule has 6 heteroatoms. The lowest BCUT2D eigenvalue weighted by molar-refractivity contribution is 0.0751. The average molecular weight is 322 g/mol. The first kappa shape index (κ1) is 16.7. The predicted molar refractivity (Wildman–Crippen MR) is 87.4 cm³/mol. The van der Waals surface area contributed by atoms with Crippen molar-refractivity contribution in [2.75, 3.05) is 27.2 Å². The summed E-state index contributed by atoms with van der Waals surface area (Å²) >= 11 is 0. The molecule has 0 radical (unpaired) electrons. The van der Waals surface area contributed by atoms with E-state index in [9.17, 15) is 13.8 Å². The van der Waals surface area contributed by atoms with Crippen molar-refractivity contribution in [2.24, 2.45) is 0 Å². The third-order valence-corrected chi connectivity index (χ3v) is 5.68. The Morgan fingerprint density at radius 2 is 1.68 bits per heavy atom. The predicted octanol–water partition coefficient (Wildman–Crippen LogP) is 1.37. The Morgan fingerprint density at radius 3 is 2.23 bits per heavy atom. The summed E-state index contributed by atoms with van der Waals surface area (Å²) in [6.45, 7) is 4.78. The van der Waals surface area contributed by atoms with E-state index in [1.165, 1.54) is 4.90 Å². The van der Waals surface area contributed by atoms with Crippen molar-refractivity contribution in [3.63, 3.8) is 0 Å². The van der Waals surface area contributed by atoms with Crippen LogP contribution in [-0.4, -0.2) is 63.5 Å². The number of rotatable bonds is 2. The maximum Gasteiger partial charge on any atom is 0.253 e. The van der Waals surface area contributed by atoms with E-state index in [4.69, 9.17) is 0 Å². The van der Waals surface area contributed by atoms with E-state index in [1.54, 1.807) is 43.3 Å². The van der Waals surface area contributed by atoms with Gasteiger partial charge < -0.3 is 9.80 Å². The van der Waals surface area contributed by atoms with Crippen LogP contribution in [0.4, 0.5) is 0 Å². The van der Waals surface area contributed by atoms with Crippen LogP contribution in [0.3, 0.4) is 0 Å². The lowest BCUT2D eigenvalue weighted by atomic mass is 10.1. The van der Waals surface area contributed by atoms with Gasteiger partial charge in [-0.2, -0.15) is 0 Å². The van der Waals surface area contributed by atoms with E-state index in [-0.39, 0.29) is 22.3 Å². The Balaban J connectivity index is 2.21. The van der Waals surface area contributed by atoms with E-state index >= 15 is 0 Å². The number of benzene rings is 1. The monoisotopic (exact) mass is 322 g/mol. The highest BCUT2D eigenvalue weighted by Crippen LogP contribution is 2.18. The summed E-state index contributed by atoms with van der Waals surface area (Å²) in [5, 5.41) is -0.0569. The SMILES string of the molecule is CC1CN(C(=O)c2cccc(C(=O)N(C)C)c2)CC(C)S1=O. The highest BCUT2D eigenvalue weighted by molar-refractivity contribution is 7.86. The summed E-state index contributed by atoms with van der Waals surface area (Å²) in [5.41, 5.74) is 0.998. The molecular formula is C16H22N2O3S. The fourth-order valence-electron chi connectivity index (χ4n) is 2.63. The van der Waals surface area contributed by atoms with Crippen molar-refractivity contribution < 1.29 is 13.8 Å². The number of hydrogen-bond donors (Lipinski definition) is 0. The van der Waals surface area contributed by atoms with E-state index < -0.39 is 10.8 Å². The molecule has 0 spiro atoms. The minimum Gasteiger partial charge on any atom is -0.345 e. The Hall–Kier alpha value is -1.69. The molecule has 1 aromatic rings. The number of carbonyl (C=O) groups is 2. The van der Waals surface area contributed by atoms with Crippen LogP contribution in [0.25, 0.3) is 0 Å². The third-order valence-electron chi connectivity index (χ3n) is 3.80. The van der Waals surface area contributed by atoms with Crippen LogP contribution in [-0.2, 0) is 10.8 Å². The van der Waals surface area contributed by atoms with Gasteiger partial charge in [0, 0.05) is 59.6 Å². The van der Waals surface area contributed by atoms with Crippen molar-refractivity contribution in [3.8, 4) is 0 Å². The molecule has 2 atom stereocenters. The van der Waals surface area contributed by atoms with Crippen LogP contribution in [0.2, 0.25) is 0 Å². The summed E-state index contributed by atoms with van der Waals surface area (Å²) in [7, 11) is 2.47. The van der Waals surface area contributed by atoms with Gasteiger partial charge in [-0.3, -0.25) is 13.8 Å². The summed E-state index contributed by atoms with van der Waals surface area (Å²) in [6, 6.07) is 6.77. The van der Waals surface area contributed by atoms with Crippen LogP contribution in [0.15, 0.2) is 24.3 Å². The Kier molecular flexibility index (Phi) is 5.01. The van der Waals surface area contributed by atoms with Crippen LogP contribution < -0.4 is 0 Å². The maximum atomic E-state index is 12.6. The van der Waals surface area contributed by atoms with Crippen molar-refractivity contribution in [3.05, 3.63) is 35.4 Å². The molecule has 0 bridgehead atoms. The molecule has 1 saturated heterocycles. The minimum atomic E-state index is -0.896. The number of hydrogen-bond acceptors (Lipinski definition) is 3. The molecule has 120 valence electrons. The largest absolute Gasteiger partial charge is 0.345 e. The smallest absolute Gasteiger partial charge is 0.253 e. The van der Waals surface area contributed by atoms with Gasteiger partial charge >= 0.3 is 0 Å². The number of amides is 2. The molecule has 0 aliphatic carbocycles. The van der Waals surface area contributed by atoms with Gasteiger partial charge in [0.1, 0.15) is 0 Å². The van der Waals surface area contributed by atoms with Gasteiger partial charge in [0.2, 0.25) is 0 Å². The second-order valence-corrected chi connectivity index (χ2v) is 8.21. The lowest BCUT2D eigenvalue weighted by Crippen LogP contribution is -2.49. The van der Waals surface area contributed by atoms with E-state index in [0.717, 1.165) is 0 Å². The van der Waals surface area contributed by atoms with Gasteiger partial charge in [0.05, 0.1) is 0 Å². The Bertz CT molecular complexity index is 601. The molecular weight excluding hydrogens is 300 g/mol. The Labute approximate surface area is 133 Å².